The molecule has 0 aromatic heterocycles. The number of nitrogens with zero attached hydrogens (tertiary/aromatic N) is 1. The number of alkyl halides is 17. The zero-order valence-corrected chi connectivity index (χ0v) is 28.1. The SMILES string of the molecule is CO[Si](CCC[N+](C)(C)CCCOC(=O)CCC(F)(F)C(F)(F)C(F)(F)C(F)(F)C(F)(F)C(F)(F)C(F)(F)C(F)(F)F)(OC)OC.[I-]. The fourth-order valence-corrected chi connectivity index (χ4v) is 5.46. The van der Waals surface area contributed by atoms with Crippen molar-refractivity contribution in [2.75, 3.05) is 55.1 Å². The summed E-state index contributed by atoms with van der Waals surface area (Å²) in [4.78, 5) is 11.7. The van der Waals surface area contributed by atoms with Crippen molar-refractivity contribution in [3.8, 4) is 0 Å². The van der Waals surface area contributed by atoms with Crippen molar-refractivity contribution in [3.05, 3.63) is 0 Å². The van der Waals surface area contributed by atoms with E-state index in [9.17, 15) is 79.4 Å². The number of ether oxygens (including phenoxy) is 1. The van der Waals surface area contributed by atoms with Gasteiger partial charge in [0.1, 0.15) is 0 Å². The normalized spacial score (nSPS) is 15.0. The zero-order chi connectivity index (χ0) is 37.1. The first kappa shape index (κ1) is 48.2. The van der Waals surface area contributed by atoms with Crippen LogP contribution in [0, 0.1) is 0 Å². The molecule has 0 N–H and O–H groups in total. The molecule has 0 rings (SSSR count). The van der Waals surface area contributed by atoms with Crippen LogP contribution in [0.4, 0.5) is 74.6 Å². The molecule has 25 heteroatoms. The lowest BCUT2D eigenvalue weighted by atomic mass is 9.88. The molecule has 0 fully saturated rings. The van der Waals surface area contributed by atoms with Crippen molar-refractivity contribution in [1.82, 2.24) is 0 Å². The molecule has 284 valence electrons. The molecular weight excluding hydrogens is 836 g/mol. The van der Waals surface area contributed by atoms with Crippen molar-refractivity contribution < 1.29 is 126 Å². The molecule has 0 amide bonds. The third-order valence-corrected chi connectivity index (χ3v) is 9.61. The van der Waals surface area contributed by atoms with Gasteiger partial charge in [-0.15, -0.1) is 0 Å². The highest BCUT2D eigenvalue weighted by Crippen LogP contribution is 2.64. The van der Waals surface area contributed by atoms with Gasteiger partial charge in [0.2, 0.25) is 0 Å². The Labute approximate surface area is 275 Å². The Balaban J connectivity index is 0. The Kier molecular flexibility index (Phi) is 16.4. The quantitative estimate of drug-likeness (QED) is 0.0463. The fraction of sp³-hybridized carbons (Fsp3) is 0.955. The van der Waals surface area contributed by atoms with Gasteiger partial charge in [-0.2, -0.15) is 74.6 Å². The van der Waals surface area contributed by atoms with Crippen LogP contribution >= 0.6 is 0 Å². The summed E-state index contributed by atoms with van der Waals surface area (Å²) in [5.74, 6) is -58.8. The van der Waals surface area contributed by atoms with Gasteiger partial charge in [0.25, 0.3) is 0 Å². The highest BCUT2D eigenvalue weighted by molar-refractivity contribution is 6.60. The van der Waals surface area contributed by atoms with Crippen molar-refractivity contribution in [2.45, 2.75) is 79.4 Å². The average molecular weight is 867 g/mol. The summed E-state index contributed by atoms with van der Waals surface area (Å²) >= 11 is 0. The van der Waals surface area contributed by atoms with E-state index in [4.69, 9.17) is 13.3 Å². The Morgan fingerprint density at radius 1 is 0.596 bits per heavy atom. The maximum Gasteiger partial charge on any atom is 0.500 e. The lowest BCUT2D eigenvalue weighted by Gasteiger charge is -2.42. The van der Waals surface area contributed by atoms with E-state index in [1.807, 2.05) is 0 Å². The fourth-order valence-electron chi connectivity index (χ4n) is 3.75. The highest BCUT2D eigenvalue weighted by Gasteiger charge is 2.95. The summed E-state index contributed by atoms with van der Waals surface area (Å²) in [6, 6.07) is 0.400. The van der Waals surface area contributed by atoms with Crippen LogP contribution in [0.5, 0.6) is 0 Å². The van der Waals surface area contributed by atoms with Gasteiger partial charge in [-0.25, -0.2) is 0 Å². The van der Waals surface area contributed by atoms with Gasteiger partial charge in [0, 0.05) is 46.6 Å². The largest absolute Gasteiger partial charge is 1.00 e. The molecule has 0 atom stereocenters. The van der Waals surface area contributed by atoms with E-state index in [0.29, 0.717) is 19.0 Å². The van der Waals surface area contributed by atoms with E-state index < -0.39 is 81.9 Å². The second kappa shape index (κ2) is 16.0. The van der Waals surface area contributed by atoms with E-state index in [0.717, 1.165) is 0 Å². The molecule has 0 radical (unpaired) electrons. The van der Waals surface area contributed by atoms with Crippen LogP contribution in [-0.4, -0.2) is 122 Å². The van der Waals surface area contributed by atoms with Gasteiger partial charge >= 0.3 is 62.4 Å². The van der Waals surface area contributed by atoms with E-state index in [-0.39, 0.29) is 41.4 Å². The standard InChI is InChI=1S/C22H31F17NO5Si.HI/c1-40(2,11-7-13-46(42-3,43-4)44-5)10-6-12-45-14(41)8-9-15(23,24)16(25,26)17(27,28)18(29,30)19(31,32)20(33,34)21(35,36)22(37,38)39;/h6-13H2,1-5H3;1H/q+1;/p-1. The van der Waals surface area contributed by atoms with Crippen molar-refractivity contribution in [3.63, 3.8) is 0 Å². The predicted molar refractivity (Wildman–Crippen MR) is 124 cm³/mol. The van der Waals surface area contributed by atoms with E-state index in [1.54, 1.807) is 14.1 Å². The summed E-state index contributed by atoms with van der Waals surface area (Å²) < 4.78 is 247. The molecule has 0 bridgehead atoms. The monoisotopic (exact) mass is 867 g/mol. The number of quaternary nitrogens is 1. The highest BCUT2D eigenvalue weighted by atomic mass is 127. The first-order valence-electron chi connectivity index (χ1n) is 12.6. The summed E-state index contributed by atoms with van der Waals surface area (Å²) in [6.45, 7) is 0.118. The molecule has 0 heterocycles. The van der Waals surface area contributed by atoms with Crippen LogP contribution in [0.15, 0.2) is 0 Å². The van der Waals surface area contributed by atoms with E-state index >= 15 is 0 Å². The van der Waals surface area contributed by atoms with Gasteiger partial charge < -0.3 is 46.5 Å². The molecule has 0 spiro atoms. The predicted octanol–water partition coefficient (Wildman–Crippen LogP) is 4.06. The van der Waals surface area contributed by atoms with Gasteiger partial charge in [-0.3, -0.25) is 4.79 Å². The van der Waals surface area contributed by atoms with Gasteiger partial charge in [0.05, 0.1) is 40.2 Å². The maximum atomic E-state index is 14.0. The van der Waals surface area contributed by atoms with Crippen LogP contribution in [-0.2, 0) is 22.8 Å². The van der Waals surface area contributed by atoms with Crippen LogP contribution < -0.4 is 24.0 Å². The maximum absolute atomic E-state index is 14.0. The Hall–Kier alpha value is -0.933. The number of esters is 1. The lowest BCUT2D eigenvalue weighted by molar-refractivity contribution is -0.890. The number of halogens is 18. The van der Waals surface area contributed by atoms with Gasteiger partial charge in [-0.1, -0.05) is 0 Å². The third-order valence-electron chi connectivity index (χ3n) is 6.78. The van der Waals surface area contributed by atoms with E-state index in [2.05, 4.69) is 4.74 Å². The number of carbonyl (C=O) groups excluding carboxylic acids is 1. The van der Waals surface area contributed by atoms with E-state index in [1.165, 1.54) is 21.3 Å². The Bertz CT molecular complexity index is 1000. The summed E-state index contributed by atoms with van der Waals surface area (Å²) in [5.41, 5.74) is 0. The molecule has 47 heavy (non-hydrogen) atoms. The number of hydrogen-bond acceptors (Lipinski definition) is 5. The first-order valence-corrected chi connectivity index (χ1v) is 14.5. The molecule has 0 aromatic carbocycles. The van der Waals surface area contributed by atoms with Gasteiger partial charge in [-0.05, 0) is 0 Å². The van der Waals surface area contributed by atoms with Gasteiger partial charge in [0.15, 0.2) is 0 Å². The summed E-state index contributed by atoms with van der Waals surface area (Å²) in [6.07, 6.45) is -12.2. The number of rotatable bonds is 20. The molecular formula is C22H31F17INO5Si. The van der Waals surface area contributed by atoms with Crippen molar-refractivity contribution >= 4 is 14.8 Å². The van der Waals surface area contributed by atoms with Crippen LogP contribution in [0.1, 0.15) is 25.7 Å². The van der Waals surface area contributed by atoms with Crippen molar-refractivity contribution in [2.24, 2.45) is 0 Å². The zero-order valence-electron chi connectivity index (χ0n) is 24.9. The van der Waals surface area contributed by atoms with Crippen LogP contribution in [0.3, 0.4) is 0 Å². The number of hydrogen-bond donors (Lipinski definition) is 0. The minimum Gasteiger partial charge on any atom is -1.00 e. The summed E-state index contributed by atoms with van der Waals surface area (Å²) in [7, 11) is 4.69. The molecule has 0 aromatic rings. The molecule has 6 nitrogen and oxygen atoms in total. The smallest absolute Gasteiger partial charge is 0.500 e. The molecule has 0 aliphatic carbocycles. The summed E-state index contributed by atoms with van der Waals surface area (Å²) in [5, 5.41) is 0. The lowest BCUT2D eigenvalue weighted by Crippen LogP contribution is -3.00. The Morgan fingerprint density at radius 3 is 1.34 bits per heavy atom. The van der Waals surface area contributed by atoms with Crippen molar-refractivity contribution in [1.29, 1.82) is 0 Å². The second-order valence-electron chi connectivity index (χ2n) is 10.5. The minimum absolute atomic E-state index is 0. The Morgan fingerprint density at radius 2 is 0.957 bits per heavy atom. The number of carbonyl (C=O) groups is 1. The molecule has 0 unspecified atom stereocenters. The molecule has 0 aliphatic rings. The van der Waals surface area contributed by atoms with Crippen LogP contribution in [0.25, 0.3) is 0 Å². The molecule has 0 saturated heterocycles. The van der Waals surface area contributed by atoms with Crippen LogP contribution in [0.2, 0.25) is 6.04 Å². The third kappa shape index (κ3) is 9.65. The first-order chi connectivity index (χ1) is 20.2. The molecule has 0 saturated carbocycles. The topological polar surface area (TPSA) is 54.0 Å². The molecule has 0 aliphatic heterocycles. The minimum atomic E-state index is -8.70. The second-order valence-corrected chi connectivity index (χ2v) is 13.6. The average Bonchev–Trinajstić information content (AvgIpc) is 2.91.